The summed E-state index contributed by atoms with van der Waals surface area (Å²) in [6.45, 7) is 3.60. The first kappa shape index (κ1) is 18.3. The molecule has 2 aromatic rings. The van der Waals surface area contributed by atoms with Crippen LogP contribution in [0.5, 0.6) is 0 Å². The molecule has 0 unspecified atom stereocenters. The molecule has 1 aliphatic carbocycles. The normalized spacial score (nSPS) is 15.2. The molecule has 26 heavy (non-hydrogen) atoms. The number of carbonyl (C=O) groups excluding carboxylic acids is 2. The van der Waals surface area contributed by atoms with Crippen molar-refractivity contribution in [2.45, 2.75) is 64.8 Å². The monoisotopic (exact) mass is 359 g/mol. The predicted molar refractivity (Wildman–Crippen MR) is 94.6 cm³/mol. The maximum absolute atomic E-state index is 12.0. The number of aromatic nitrogens is 4. The Kier molecular flexibility index (Phi) is 5.80. The average molecular weight is 359 g/mol. The molecule has 0 bridgehead atoms. The summed E-state index contributed by atoms with van der Waals surface area (Å²) in [5, 5.41) is 7.07. The van der Waals surface area contributed by atoms with Gasteiger partial charge in [-0.15, -0.1) is 0 Å². The second kappa shape index (κ2) is 8.25. The molecule has 0 aliphatic heterocycles. The first-order valence-electron chi connectivity index (χ1n) is 9.15. The number of aryl methyl sites for hydroxylation is 2. The van der Waals surface area contributed by atoms with Gasteiger partial charge in [-0.05, 0) is 38.7 Å². The first-order chi connectivity index (χ1) is 12.5. The molecule has 0 saturated heterocycles. The molecular weight excluding hydrogens is 334 g/mol. The topological polar surface area (TPSA) is 98.5 Å². The van der Waals surface area contributed by atoms with Gasteiger partial charge in [0.25, 0.3) is 11.7 Å². The van der Waals surface area contributed by atoms with E-state index in [1.54, 1.807) is 4.52 Å². The van der Waals surface area contributed by atoms with Crippen LogP contribution in [0.1, 0.15) is 55.5 Å². The van der Waals surface area contributed by atoms with Gasteiger partial charge < -0.3 is 10.1 Å². The molecule has 0 radical (unpaired) electrons. The van der Waals surface area contributed by atoms with Crippen molar-refractivity contribution in [1.82, 2.24) is 24.9 Å². The minimum atomic E-state index is -0.388. The van der Waals surface area contributed by atoms with Crippen molar-refractivity contribution in [3.05, 3.63) is 23.3 Å². The number of hydrogen-bond acceptors (Lipinski definition) is 6. The van der Waals surface area contributed by atoms with Crippen LogP contribution >= 0.6 is 0 Å². The summed E-state index contributed by atoms with van der Waals surface area (Å²) in [5.74, 6) is -0.0599. The fourth-order valence-electron chi connectivity index (χ4n) is 3.48. The summed E-state index contributed by atoms with van der Waals surface area (Å²) in [6, 6.07) is 0.223. The van der Waals surface area contributed by atoms with Crippen molar-refractivity contribution in [3.63, 3.8) is 0 Å². The number of amides is 1. The van der Waals surface area contributed by atoms with Gasteiger partial charge in [0.15, 0.2) is 6.61 Å². The third-order valence-electron chi connectivity index (χ3n) is 4.90. The van der Waals surface area contributed by atoms with E-state index in [1.165, 1.54) is 12.7 Å². The number of esters is 1. The smallest absolute Gasteiger partial charge is 0.306 e. The Hall–Kier alpha value is -2.51. The van der Waals surface area contributed by atoms with E-state index in [1.807, 2.05) is 13.8 Å². The highest BCUT2D eigenvalue weighted by molar-refractivity contribution is 5.80. The zero-order valence-corrected chi connectivity index (χ0v) is 15.3. The molecule has 2 heterocycles. The Morgan fingerprint density at radius 3 is 2.81 bits per heavy atom. The average Bonchev–Trinajstić information content (AvgIpc) is 3.09. The Morgan fingerprint density at radius 1 is 1.27 bits per heavy atom. The molecule has 1 saturated carbocycles. The van der Waals surface area contributed by atoms with E-state index in [9.17, 15) is 9.59 Å². The highest BCUT2D eigenvalue weighted by Crippen LogP contribution is 2.17. The fourth-order valence-corrected chi connectivity index (χ4v) is 3.48. The molecule has 1 aliphatic rings. The van der Waals surface area contributed by atoms with E-state index in [2.05, 4.69) is 20.4 Å². The maximum Gasteiger partial charge on any atom is 0.306 e. The van der Waals surface area contributed by atoms with Gasteiger partial charge in [-0.2, -0.15) is 10.1 Å². The molecule has 3 rings (SSSR count). The summed E-state index contributed by atoms with van der Waals surface area (Å²) in [7, 11) is 0. The van der Waals surface area contributed by atoms with Gasteiger partial charge in [0.1, 0.15) is 6.33 Å². The largest absolute Gasteiger partial charge is 0.456 e. The predicted octanol–water partition coefficient (Wildman–Crippen LogP) is 1.67. The number of carbonyl (C=O) groups is 2. The number of hydrogen-bond donors (Lipinski definition) is 1. The summed E-state index contributed by atoms with van der Waals surface area (Å²) < 4.78 is 6.77. The number of rotatable bonds is 6. The summed E-state index contributed by atoms with van der Waals surface area (Å²) in [6.07, 6.45) is 7.68. The van der Waals surface area contributed by atoms with Crippen LogP contribution in [0.25, 0.3) is 5.78 Å². The summed E-state index contributed by atoms with van der Waals surface area (Å²) in [5.41, 5.74) is 2.69. The van der Waals surface area contributed by atoms with Gasteiger partial charge in [0.05, 0.1) is 0 Å². The van der Waals surface area contributed by atoms with Crippen LogP contribution in [0, 0.1) is 13.8 Å². The van der Waals surface area contributed by atoms with E-state index in [0.29, 0.717) is 12.2 Å². The molecule has 0 spiro atoms. The third-order valence-corrected chi connectivity index (χ3v) is 4.90. The summed E-state index contributed by atoms with van der Waals surface area (Å²) in [4.78, 5) is 32.4. The van der Waals surface area contributed by atoms with E-state index in [4.69, 9.17) is 4.74 Å². The van der Waals surface area contributed by atoms with Crippen LogP contribution in [-0.4, -0.2) is 44.1 Å². The van der Waals surface area contributed by atoms with Gasteiger partial charge in [-0.25, -0.2) is 9.50 Å². The number of nitrogens with one attached hydrogen (secondary N) is 1. The highest BCUT2D eigenvalue weighted by atomic mass is 16.5. The quantitative estimate of drug-likeness (QED) is 0.788. The molecule has 140 valence electrons. The molecule has 1 amide bonds. The van der Waals surface area contributed by atoms with E-state index >= 15 is 0 Å². The fraction of sp³-hybridized carbons (Fsp3) is 0.611. The SMILES string of the molecule is Cc1nc2ncnn2c(C)c1CCC(=O)OCC(=O)NC1CCCCC1. The molecule has 0 atom stereocenters. The van der Waals surface area contributed by atoms with Crippen molar-refractivity contribution in [2.24, 2.45) is 0 Å². The van der Waals surface area contributed by atoms with E-state index in [0.717, 1.165) is 42.6 Å². The minimum Gasteiger partial charge on any atom is -0.456 e. The van der Waals surface area contributed by atoms with Crippen LogP contribution in [-0.2, 0) is 20.7 Å². The molecule has 1 N–H and O–H groups in total. The van der Waals surface area contributed by atoms with E-state index < -0.39 is 0 Å². The van der Waals surface area contributed by atoms with Gasteiger partial charge in [0, 0.05) is 23.9 Å². The van der Waals surface area contributed by atoms with Gasteiger partial charge in [-0.1, -0.05) is 19.3 Å². The Bertz CT molecular complexity index is 795. The van der Waals surface area contributed by atoms with Gasteiger partial charge in [0.2, 0.25) is 0 Å². The molecule has 8 heteroatoms. The lowest BCUT2D eigenvalue weighted by molar-refractivity contribution is -0.148. The maximum atomic E-state index is 12.0. The molecular formula is C18H25N5O3. The van der Waals surface area contributed by atoms with Gasteiger partial charge in [-0.3, -0.25) is 9.59 Å². The first-order valence-corrected chi connectivity index (χ1v) is 9.15. The van der Waals surface area contributed by atoms with E-state index in [-0.39, 0.29) is 30.9 Å². The Morgan fingerprint density at radius 2 is 2.04 bits per heavy atom. The zero-order chi connectivity index (χ0) is 18.5. The van der Waals surface area contributed by atoms with Crippen molar-refractivity contribution in [3.8, 4) is 0 Å². The van der Waals surface area contributed by atoms with Crippen LogP contribution in [0.3, 0.4) is 0 Å². The summed E-state index contributed by atoms with van der Waals surface area (Å²) >= 11 is 0. The van der Waals surface area contributed by atoms with Crippen molar-refractivity contribution >= 4 is 17.7 Å². The van der Waals surface area contributed by atoms with Crippen molar-refractivity contribution in [2.75, 3.05) is 6.61 Å². The Balaban J connectivity index is 1.47. The Labute approximate surface area is 152 Å². The van der Waals surface area contributed by atoms with Crippen molar-refractivity contribution in [1.29, 1.82) is 0 Å². The second-order valence-electron chi connectivity index (χ2n) is 6.80. The third kappa shape index (κ3) is 4.36. The second-order valence-corrected chi connectivity index (χ2v) is 6.80. The van der Waals surface area contributed by atoms with Crippen LogP contribution in [0.2, 0.25) is 0 Å². The molecule has 0 aromatic carbocycles. The lowest BCUT2D eigenvalue weighted by Crippen LogP contribution is -2.38. The van der Waals surface area contributed by atoms with Crippen molar-refractivity contribution < 1.29 is 14.3 Å². The standard InChI is InChI=1S/C18H25N5O3/c1-12-15(13(2)23-18(21-12)19-11-20-23)8-9-17(25)26-10-16(24)22-14-6-4-3-5-7-14/h11,14H,3-10H2,1-2H3,(H,22,24). The molecule has 8 nitrogen and oxygen atoms in total. The number of fused-ring (bicyclic) bond motifs is 1. The number of ether oxygens (including phenoxy) is 1. The lowest BCUT2D eigenvalue weighted by atomic mass is 9.95. The lowest BCUT2D eigenvalue weighted by Gasteiger charge is -2.22. The minimum absolute atomic E-state index is 0.195. The van der Waals surface area contributed by atoms with Gasteiger partial charge >= 0.3 is 5.97 Å². The molecule has 1 fully saturated rings. The van der Waals surface area contributed by atoms with Crippen LogP contribution in [0.15, 0.2) is 6.33 Å². The highest BCUT2D eigenvalue weighted by Gasteiger charge is 2.17. The zero-order valence-electron chi connectivity index (χ0n) is 15.3. The number of nitrogens with zero attached hydrogens (tertiary/aromatic N) is 4. The van der Waals surface area contributed by atoms with Crippen LogP contribution < -0.4 is 5.32 Å². The molecule has 2 aromatic heterocycles. The van der Waals surface area contributed by atoms with Crippen LogP contribution in [0.4, 0.5) is 0 Å².